The molecule has 0 aliphatic rings. The number of carbonyl (C=O) groups is 2. The molecule has 0 atom stereocenters. The van der Waals surface area contributed by atoms with Crippen LogP contribution in [0.4, 0.5) is 19.1 Å². The minimum absolute atomic E-state index is 0.0676. The molecule has 0 bridgehead atoms. The molecule has 2 amide bonds. The van der Waals surface area contributed by atoms with Crippen molar-refractivity contribution in [1.29, 1.82) is 0 Å². The molecular weight excluding hydrogens is 267 g/mol. The molecule has 0 radical (unpaired) electrons. The topological polar surface area (TPSA) is 98.2 Å². The fourth-order valence-electron chi connectivity index (χ4n) is 1.32. The molecule has 19 heavy (non-hydrogen) atoms. The molecule has 0 saturated carbocycles. The van der Waals surface area contributed by atoms with Gasteiger partial charge in [-0.3, -0.25) is 14.9 Å². The first-order chi connectivity index (χ1) is 8.77. The number of carbonyl (C=O) groups excluding carboxylic acids is 2. The molecule has 2 heterocycles. The zero-order valence-electron chi connectivity index (χ0n) is 9.12. The molecule has 9 heteroatoms. The Labute approximate surface area is 103 Å². The van der Waals surface area contributed by atoms with E-state index in [1.807, 2.05) is 0 Å². The van der Waals surface area contributed by atoms with Crippen molar-refractivity contribution in [2.24, 2.45) is 5.73 Å². The van der Waals surface area contributed by atoms with Crippen molar-refractivity contribution in [2.45, 2.75) is 6.18 Å². The summed E-state index contributed by atoms with van der Waals surface area (Å²) in [6.45, 7) is 0. The highest BCUT2D eigenvalue weighted by atomic mass is 19.4. The fourth-order valence-corrected chi connectivity index (χ4v) is 1.32. The summed E-state index contributed by atoms with van der Waals surface area (Å²) in [5.41, 5.74) is 5.04. The minimum Gasteiger partial charge on any atom is -0.439 e. The van der Waals surface area contributed by atoms with Crippen molar-refractivity contribution in [3.63, 3.8) is 0 Å². The molecule has 2 rings (SSSR count). The van der Waals surface area contributed by atoms with Crippen molar-refractivity contribution in [2.75, 3.05) is 5.32 Å². The third kappa shape index (κ3) is 2.64. The van der Waals surface area contributed by atoms with Crippen molar-refractivity contribution in [3.05, 3.63) is 24.0 Å². The Hall–Kier alpha value is -2.58. The highest BCUT2D eigenvalue weighted by molar-refractivity contribution is 5.97. The maximum atomic E-state index is 12.0. The summed E-state index contributed by atoms with van der Waals surface area (Å²) in [4.78, 5) is 25.2. The van der Waals surface area contributed by atoms with Crippen molar-refractivity contribution >= 4 is 28.7 Å². The summed E-state index contributed by atoms with van der Waals surface area (Å²) in [7, 11) is 0. The number of nitrogens with zero attached hydrogens (tertiary/aromatic N) is 1. The minimum atomic E-state index is -5.02. The highest BCUT2D eigenvalue weighted by Crippen LogP contribution is 2.25. The Morgan fingerprint density at radius 2 is 2.00 bits per heavy atom. The SMILES string of the molecule is NC(=O)c1cc2cc(NC(=O)C(F)(F)F)oc2cn1. The normalized spacial score (nSPS) is 11.5. The van der Waals surface area contributed by atoms with Gasteiger partial charge in [0.1, 0.15) is 5.69 Å². The second-order valence-corrected chi connectivity index (χ2v) is 3.53. The van der Waals surface area contributed by atoms with E-state index in [0.29, 0.717) is 5.39 Å². The van der Waals surface area contributed by atoms with Gasteiger partial charge < -0.3 is 10.2 Å². The average Bonchev–Trinajstić information content (AvgIpc) is 2.68. The predicted octanol–water partition coefficient (Wildman–Crippen LogP) is 1.43. The summed E-state index contributed by atoms with van der Waals surface area (Å²) in [5, 5.41) is 1.84. The van der Waals surface area contributed by atoms with Gasteiger partial charge in [0, 0.05) is 11.5 Å². The maximum absolute atomic E-state index is 12.0. The van der Waals surface area contributed by atoms with Crippen LogP contribution < -0.4 is 11.1 Å². The lowest BCUT2D eigenvalue weighted by Crippen LogP contribution is -2.29. The number of amides is 2. The number of pyridine rings is 1. The smallest absolute Gasteiger partial charge is 0.439 e. The predicted molar refractivity (Wildman–Crippen MR) is 57.2 cm³/mol. The summed E-state index contributed by atoms with van der Waals surface area (Å²) in [6, 6.07) is 2.37. The number of anilines is 1. The van der Waals surface area contributed by atoms with Crippen LogP contribution in [0.15, 0.2) is 22.7 Å². The first-order valence-electron chi connectivity index (χ1n) is 4.85. The number of alkyl halides is 3. The molecular formula is C10H6F3N3O3. The summed E-state index contributed by atoms with van der Waals surface area (Å²) in [6.07, 6.45) is -3.89. The van der Waals surface area contributed by atoms with E-state index in [1.54, 1.807) is 5.32 Å². The number of hydrogen-bond donors (Lipinski definition) is 2. The zero-order valence-corrected chi connectivity index (χ0v) is 9.12. The van der Waals surface area contributed by atoms with Gasteiger partial charge in [0.2, 0.25) is 5.88 Å². The van der Waals surface area contributed by atoms with Crippen LogP contribution in [0.25, 0.3) is 11.0 Å². The van der Waals surface area contributed by atoms with E-state index in [9.17, 15) is 22.8 Å². The van der Waals surface area contributed by atoms with E-state index in [0.717, 1.165) is 12.3 Å². The molecule has 0 spiro atoms. The van der Waals surface area contributed by atoms with Crippen molar-refractivity contribution < 1.29 is 27.2 Å². The number of halogens is 3. The Bertz CT molecular complexity index is 663. The third-order valence-corrected chi connectivity index (χ3v) is 2.15. The molecule has 0 saturated heterocycles. The zero-order chi connectivity index (χ0) is 14.2. The number of aromatic nitrogens is 1. The Morgan fingerprint density at radius 3 is 2.58 bits per heavy atom. The third-order valence-electron chi connectivity index (χ3n) is 2.15. The summed E-state index contributed by atoms with van der Waals surface area (Å²) < 4.78 is 41.0. The monoisotopic (exact) mass is 273 g/mol. The molecule has 2 aromatic heterocycles. The Kier molecular flexibility index (Phi) is 2.89. The van der Waals surface area contributed by atoms with Crippen molar-refractivity contribution in [1.82, 2.24) is 4.98 Å². The average molecular weight is 273 g/mol. The molecule has 3 N–H and O–H groups in total. The Morgan fingerprint density at radius 1 is 1.32 bits per heavy atom. The molecule has 100 valence electrons. The van der Waals surface area contributed by atoms with Gasteiger partial charge in [-0.05, 0) is 6.07 Å². The quantitative estimate of drug-likeness (QED) is 0.864. The molecule has 0 aliphatic carbocycles. The Balaban J connectivity index is 2.32. The lowest BCUT2D eigenvalue weighted by molar-refractivity contribution is -0.167. The second kappa shape index (κ2) is 4.26. The van der Waals surface area contributed by atoms with Crippen LogP contribution in [0.2, 0.25) is 0 Å². The van der Waals surface area contributed by atoms with Crippen LogP contribution in [-0.2, 0) is 4.79 Å². The highest BCUT2D eigenvalue weighted by Gasteiger charge is 2.39. The number of nitrogens with two attached hydrogens (primary N) is 1. The van der Waals surface area contributed by atoms with Gasteiger partial charge >= 0.3 is 12.1 Å². The van der Waals surface area contributed by atoms with E-state index < -0.39 is 23.9 Å². The first-order valence-corrected chi connectivity index (χ1v) is 4.85. The van der Waals surface area contributed by atoms with E-state index in [2.05, 4.69) is 4.98 Å². The van der Waals surface area contributed by atoms with Crippen LogP contribution in [0.1, 0.15) is 10.5 Å². The standard InChI is InChI=1S/C10H6F3N3O3/c11-10(12,13)9(18)16-7-2-4-1-5(8(14)17)15-3-6(4)19-7/h1-3H,(H2,14,17)(H,16,18). The van der Waals surface area contributed by atoms with E-state index in [1.165, 1.54) is 6.07 Å². The van der Waals surface area contributed by atoms with Crippen LogP contribution in [0, 0.1) is 0 Å². The van der Waals surface area contributed by atoms with Gasteiger partial charge in [-0.2, -0.15) is 13.2 Å². The van der Waals surface area contributed by atoms with E-state index in [-0.39, 0.29) is 11.3 Å². The number of hydrogen-bond acceptors (Lipinski definition) is 4. The van der Waals surface area contributed by atoms with Crippen LogP contribution in [-0.4, -0.2) is 23.0 Å². The van der Waals surface area contributed by atoms with E-state index in [4.69, 9.17) is 10.2 Å². The fraction of sp³-hybridized carbons (Fsp3) is 0.100. The molecule has 0 fully saturated rings. The number of rotatable bonds is 2. The van der Waals surface area contributed by atoms with Gasteiger partial charge in [-0.25, -0.2) is 4.98 Å². The number of primary amides is 1. The molecule has 0 unspecified atom stereocenters. The molecule has 2 aromatic rings. The number of nitrogens with one attached hydrogen (secondary N) is 1. The van der Waals surface area contributed by atoms with Gasteiger partial charge in [-0.1, -0.05) is 0 Å². The van der Waals surface area contributed by atoms with Gasteiger partial charge in [0.15, 0.2) is 5.58 Å². The molecule has 0 aromatic carbocycles. The van der Waals surface area contributed by atoms with Crippen molar-refractivity contribution in [3.8, 4) is 0 Å². The lowest BCUT2D eigenvalue weighted by Gasteiger charge is -2.04. The summed E-state index contributed by atoms with van der Waals surface area (Å²) >= 11 is 0. The van der Waals surface area contributed by atoms with Crippen LogP contribution in [0.3, 0.4) is 0 Å². The lowest BCUT2D eigenvalue weighted by atomic mass is 10.2. The largest absolute Gasteiger partial charge is 0.471 e. The first kappa shape index (κ1) is 12.9. The van der Waals surface area contributed by atoms with Gasteiger partial charge in [0.25, 0.3) is 5.91 Å². The number of furan rings is 1. The second-order valence-electron chi connectivity index (χ2n) is 3.53. The van der Waals surface area contributed by atoms with Gasteiger partial charge in [-0.15, -0.1) is 0 Å². The molecule has 0 aliphatic heterocycles. The van der Waals surface area contributed by atoms with Crippen LogP contribution >= 0.6 is 0 Å². The number of fused-ring (bicyclic) bond motifs is 1. The maximum Gasteiger partial charge on any atom is 0.471 e. The van der Waals surface area contributed by atoms with Gasteiger partial charge in [0.05, 0.1) is 6.20 Å². The summed E-state index contributed by atoms with van der Waals surface area (Å²) in [5.74, 6) is -3.35. The molecule has 6 nitrogen and oxygen atoms in total. The van der Waals surface area contributed by atoms with E-state index >= 15 is 0 Å². The van der Waals surface area contributed by atoms with Crippen LogP contribution in [0.5, 0.6) is 0 Å².